The Hall–Kier alpha value is -0.900. The van der Waals surface area contributed by atoms with Crippen LogP contribution in [0.4, 0.5) is 0 Å². The van der Waals surface area contributed by atoms with Gasteiger partial charge >= 0.3 is 0 Å². The first kappa shape index (κ1) is 13.5. The summed E-state index contributed by atoms with van der Waals surface area (Å²) in [6.45, 7) is 6.24. The molecule has 0 saturated carbocycles. The van der Waals surface area contributed by atoms with Gasteiger partial charge in [0.2, 0.25) is 0 Å². The monoisotopic (exact) mass is 250 g/mol. The number of hydrogen-bond acceptors (Lipinski definition) is 3. The molecule has 0 amide bonds. The van der Waals surface area contributed by atoms with Crippen molar-refractivity contribution in [1.82, 2.24) is 0 Å². The van der Waals surface area contributed by atoms with Gasteiger partial charge in [0.15, 0.2) is 0 Å². The van der Waals surface area contributed by atoms with Crippen LogP contribution in [0.15, 0.2) is 12.1 Å². The molecule has 0 aliphatic heterocycles. The van der Waals surface area contributed by atoms with Crippen LogP contribution in [-0.2, 0) is 24.0 Å². The Kier molecular flexibility index (Phi) is 3.26. The van der Waals surface area contributed by atoms with Gasteiger partial charge in [0, 0.05) is 5.41 Å². The molecule has 1 aliphatic rings. The van der Waals surface area contributed by atoms with Crippen molar-refractivity contribution in [2.45, 2.75) is 51.2 Å². The van der Waals surface area contributed by atoms with E-state index in [2.05, 4.69) is 13.8 Å². The van der Waals surface area contributed by atoms with E-state index in [9.17, 15) is 15.3 Å². The summed E-state index contributed by atoms with van der Waals surface area (Å²) >= 11 is 0. The van der Waals surface area contributed by atoms with Crippen molar-refractivity contribution >= 4 is 0 Å². The molecule has 100 valence electrons. The fourth-order valence-corrected chi connectivity index (χ4v) is 3.57. The van der Waals surface area contributed by atoms with E-state index in [4.69, 9.17) is 0 Å². The van der Waals surface area contributed by atoms with Gasteiger partial charge in [-0.3, -0.25) is 0 Å². The average molecular weight is 250 g/mol. The van der Waals surface area contributed by atoms with Crippen LogP contribution < -0.4 is 0 Å². The second kappa shape index (κ2) is 4.34. The van der Waals surface area contributed by atoms with Crippen molar-refractivity contribution in [2.75, 3.05) is 6.61 Å². The highest BCUT2D eigenvalue weighted by molar-refractivity contribution is 5.52. The van der Waals surface area contributed by atoms with E-state index < -0.39 is 0 Å². The Morgan fingerprint density at radius 1 is 1.06 bits per heavy atom. The number of rotatable bonds is 3. The van der Waals surface area contributed by atoms with Crippen LogP contribution in [0, 0.1) is 0 Å². The third kappa shape index (κ3) is 1.78. The Bertz CT molecular complexity index is 465. The van der Waals surface area contributed by atoms with E-state index in [-0.39, 0.29) is 30.7 Å². The maximum Gasteiger partial charge on any atom is 0.0688 e. The molecule has 0 fully saturated rings. The highest BCUT2D eigenvalue weighted by atomic mass is 16.3. The second-order valence-corrected chi connectivity index (χ2v) is 6.22. The normalized spacial score (nSPS) is 25.2. The quantitative estimate of drug-likeness (QED) is 0.763. The lowest BCUT2D eigenvalue weighted by Crippen LogP contribution is -2.27. The predicted octanol–water partition coefficient (Wildman–Crippen LogP) is 1.60. The van der Waals surface area contributed by atoms with Crippen LogP contribution in [0.3, 0.4) is 0 Å². The van der Waals surface area contributed by atoms with Crippen molar-refractivity contribution in [2.24, 2.45) is 0 Å². The number of aliphatic hydroxyl groups excluding tert-OH is 3. The first-order valence-electron chi connectivity index (χ1n) is 6.38. The average Bonchev–Trinajstić information content (AvgIpc) is 2.56. The van der Waals surface area contributed by atoms with Gasteiger partial charge in [-0.05, 0) is 34.1 Å². The lowest BCUT2D eigenvalue weighted by Gasteiger charge is -2.26. The third-order valence-corrected chi connectivity index (χ3v) is 4.25. The third-order valence-electron chi connectivity index (χ3n) is 4.25. The van der Waals surface area contributed by atoms with E-state index in [1.54, 1.807) is 0 Å². The van der Waals surface area contributed by atoms with E-state index in [0.29, 0.717) is 0 Å². The van der Waals surface area contributed by atoms with Gasteiger partial charge < -0.3 is 15.3 Å². The molecule has 0 radical (unpaired) electrons. The lowest BCUT2D eigenvalue weighted by molar-refractivity contribution is 0.188. The van der Waals surface area contributed by atoms with Crippen LogP contribution in [0.25, 0.3) is 0 Å². The van der Waals surface area contributed by atoms with Gasteiger partial charge in [0.25, 0.3) is 0 Å². The zero-order valence-corrected chi connectivity index (χ0v) is 11.3. The molecule has 0 bridgehead atoms. The highest BCUT2D eigenvalue weighted by Crippen LogP contribution is 2.51. The topological polar surface area (TPSA) is 60.7 Å². The minimum absolute atomic E-state index is 0.00921. The fourth-order valence-electron chi connectivity index (χ4n) is 3.57. The van der Waals surface area contributed by atoms with Crippen molar-refractivity contribution < 1.29 is 15.3 Å². The van der Waals surface area contributed by atoms with Crippen molar-refractivity contribution in [3.63, 3.8) is 0 Å². The smallest absolute Gasteiger partial charge is 0.0688 e. The van der Waals surface area contributed by atoms with Gasteiger partial charge in [-0.15, -0.1) is 0 Å². The van der Waals surface area contributed by atoms with Crippen LogP contribution in [-0.4, -0.2) is 21.9 Å². The molecule has 0 heterocycles. The summed E-state index contributed by atoms with van der Waals surface area (Å²) in [6.07, 6.45) is 0.855. The van der Waals surface area contributed by atoms with Crippen molar-refractivity contribution in [1.29, 1.82) is 0 Å². The van der Waals surface area contributed by atoms with Crippen molar-refractivity contribution in [3.8, 4) is 0 Å². The number of hydrogen-bond donors (Lipinski definition) is 3. The molecule has 0 aromatic heterocycles. The summed E-state index contributed by atoms with van der Waals surface area (Å²) in [6, 6.07) is 3.91. The van der Waals surface area contributed by atoms with Gasteiger partial charge in [0.05, 0.1) is 19.8 Å². The van der Waals surface area contributed by atoms with Gasteiger partial charge in [0.1, 0.15) is 0 Å². The molecule has 2 rings (SSSR count). The van der Waals surface area contributed by atoms with E-state index in [1.165, 1.54) is 5.56 Å². The minimum Gasteiger partial charge on any atom is -0.395 e. The predicted molar refractivity (Wildman–Crippen MR) is 70.4 cm³/mol. The largest absolute Gasteiger partial charge is 0.395 e. The van der Waals surface area contributed by atoms with Gasteiger partial charge in [-0.2, -0.15) is 0 Å². The van der Waals surface area contributed by atoms with Crippen LogP contribution in [0.5, 0.6) is 0 Å². The van der Waals surface area contributed by atoms with E-state index in [1.807, 2.05) is 19.1 Å². The van der Waals surface area contributed by atoms with Crippen LogP contribution in [0.2, 0.25) is 0 Å². The highest BCUT2D eigenvalue weighted by Gasteiger charge is 2.45. The zero-order valence-electron chi connectivity index (χ0n) is 11.3. The molecule has 3 nitrogen and oxygen atoms in total. The maximum atomic E-state index is 9.74. The second-order valence-electron chi connectivity index (χ2n) is 6.22. The molecule has 1 atom stereocenters. The molecule has 3 N–H and O–H groups in total. The zero-order chi connectivity index (χ0) is 13.6. The Morgan fingerprint density at radius 2 is 1.72 bits per heavy atom. The van der Waals surface area contributed by atoms with E-state index >= 15 is 0 Å². The maximum absolute atomic E-state index is 9.74. The standard InChI is InChI=1S/C15H22O3/c1-14(2)8-15(3,9-18)13-11(7-17)10(6-16)4-5-12(13)14/h4-5,16-18H,6-9H2,1-3H3/t15-/m1/s1. The molecule has 0 unspecified atom stereocenters. The summed E-state index contributed by atoms with van der Waals surface area (Å²) in [7, 11) is 0. The first-order valence-corrected chi connectivity index (χ1v) is 6.38. The molecule has 1 aromatic carbocycles. The van der Waals surface area contributed by atoms with Gasteiger partial charge in [-0.1, -0.05) is 32.9 Å². The Balaban J connectivity index is 2.74. The molecule has 1 aliphatic carbocycles. The molecule has 3 heteroatoms. The molecule has 1 aromatic rings. The first-order chi connectivity index (χ1) is 8.39. The Labute approximate surface area is 108 Å². The number of fused-ring (bicyclic) bond motifs is 1. The number of aliphatic hydroxyl groups is 3. The van der Waals surface area contributed by atoms with Gasteiger partial charge in [-0.25, -0.2) is 0 Å². The SMILES string of the molecule is CC1(C)C[C@](C)(CO)c2c1ccc(CO)c2CO. The molecular weight excluding hydrogens is 228 g/mol. The summed E-state index contributed by atoms with van der Waals surface area (Å²) in [5.74, 6) is 0. The summed E-state index contributed by atoms with van der Waals surface area (Å²) in [4.78, 5) is 0. The fraction of sp³-hybridized carbons (Fsp3) is 0.600. The molecule has 0 saturated heterocycles. The Morgan fingerprint density at radius 3 is 2.22 bits per heavy atom. The molecular formula is C15H22O3. The summed E-state index contributed by atoms with van der Waals surface area (Å²) in [5.41, 5.74) is 3.42. The lowest BCUT2D eigenvalue weighted by atomic mass is 9.80. The van der Waals surface area contributed by atoms with Crippen molar-refractivity contribution in [3.05, 3.63) is 34.4 Å². The van der Waals surface area contributed by atoms with Crippen LogP contribution >= 0.6 is 0 Å². The van der Waals surface area contributed by atoms with E-state index in [0.717, 1.165) is 23.1 Å². The summed E-state index contributed by atoms with van der Waals surface area (Å²) < 4.78 is 0. The number of benzene rings is 1. The molecule has 18 heavy (non-hydrogen) atoms. The van der Waals surface area contributed by atoms with Crippen LogP contribution in [0.1, 0.15) is 49.4 Å². The minimum atomic E-state index is -0.331. The summed E-state index contributed by atoms with van der Waals surface area (Å²) in [5, 5.41) is 28.7. The molecule has 0 spiro atoms.